The molecular formula is C19H18Cl2N4O2S. The molecule has 0 saturated carbocycles. The van der Waals surface area contributed by atoms with E-state index in [4.69, 9.17) is 27.6 Å². The summed E-state index contributed by atoms with van der Waals surface area (Å²) in [4.78, 5) is 26.4. The smallest absolute Gasteiger partial charge is 0.236 e. The van der Waals surface area contributed by atoms with E-state index in [1.54, 1.807) is 23.6 Å². The molecule has 0 radical (unpaired) electrons. The average Bonchev–Trinajstić information content (AvgIpc) is 3.32. The van der Waals surface area contributed by atoms with Crippen molar-refractivity contribution in [3.8, 4) is 10.8 Å². The zero-order chi connectivity index (χ0) is 19.7. The van der Waals surface area contributed by atoms with Gasteiger partial charge < -0.3 is 14.2 Å². The van der Waals surface area contributed by atoms with Crippen molar-refractivity contribution in [2.24, 2.45) is 0 Å². The van der Waals surface area contributed by atoms with Gasteiger partial charge >= 0.3 is 0 Å². The summed E-state index contributed by atoms with van der Waals surface area (Å²) in [6.45, 7) is 4.39. The van der Waals surface area contributed by atoms with Gasteiger partial charge in [-0.2, -0.15) is 0 Å². The molecule has 28 heavy (non-hydrogen) atoms. The molecule has 4 rings (SSSR count). The van der Waals surface area contributed by atoms with Crippen LogP contribution in [-0.2, 0) is 11.2 Å². The lowest BCUT2D eigenvalue weighted by Gasteiger charge is -2.35. The van der Waals surface area contributed by atoms with E-state index in [9.17, 15) is 4.79 Å². The molecule has 1 amide bonds. The summed E-state index contributed by atoms with van der Waals surface area (Å²) in [7, 11) is 0. The lowest BCUT2D eigenvalue weighted by Crippen LogP contribution is -2.49. The van der Waals surface area contributed by atoms with Gasteiger partial charge in [-0.05, 0) is 24.4 Å². The van der Waals surface area contributed by atoms with E-state index >= 15 is 0 Å². The van der Waals surface area contributed by atoms with Gasteiger partial charge in [0.2, 0.25) is 11.8 Å². The van der Waals surface area contributed by atoms with Gasteiger partial charge in [0.05, 0.1) is 27.0 Å². The van der Waals surface area contributed by atoms with E-state index in [2.05, 4.69) is 14.9 Å². The lowest BCUT2D eigenvalue weighted by molar-refractivity contribution is -0.130. The Morgan fingerprint density at radius 3 is 2.75 bits per heavy atom. The summed E-state index contributed by atoms with van der Waals surface area (Å²) in [5.41, 5.74) is 0.693. The SMILES string of the molecule is Cc1oc(-c2cccs2)nc1CC(=O)N1CCN(c2ncc(Cl)cc2Cl)CC1. The fourth-order valence-corrected chi connectivity index (χ4v) is 4.31. The Balaban J connectivity index is 1.38. The second-order valence-electron chi connectivity index (χ2n) is 6.50. The molecule has 0 spiro atoms. The fraction of sp³-hybridized carbons (Fsp3) is 0.316. The number of nitrogens with zero attached hydrogens (tertiary/aromatic N) is 4. The van der Waals surface area contributed by atoms with Crippen LogP contribution >= 0.6 is 34.5 Å². The highest BCUT2D eigenvalue weighted by Gasteiger charge is 2.25. The van der Waals surface area contributed by atoms with Crippen LogP contribution < -0.4 is 4.90 Å². The predicted molar refractivity (Wildman–Crippen MR) is 111 cm³/mol. The second-order valence-corrected chi connectivity index (χ2v) is 8.29. The number of oxazole rings is 1. The van der Waals surface area contributed by atoms with Crippen molar-refractivity contribution in [1.29, 1.82) is 0 Å². The van der Waals surface area contributed by atoms with Gasteiger partial charge in [-0.3, -0.25) is 4.79 Å². The molecule has 4 heterocycles. The number of rotatable bonds is 4. The number of carbonyl (C=O) groups excluding carboxylic acids is 1. The molecule has 0 bridgehead atoms. The summed E-state index contributed by atoms with van der Waals surface area (Å²) in [6.07, 6.45) is 1.82. The third-order valence-electron chi connectivity index (χ3n) is 4.66. The molecule has 0 aliphatic carbocycles. The normalized spacial score (nSPS) is 14.5. The van der Waals surface area contributed by atoms with E-state index in [0.29, 0.717) is 59.4 Å². The number of hydrogen-bond donors (Lipinski definition) is 0. The number of halogens is 2. The molecule has 1 saturated heterocycles. The maximum absolute atomic E-state index is 12.7. The fourth-order valence-electron chi connectivity index (χ4n) is 3.16. The van der Waals surface area contributed by atoms with Crippen LogP contribution in [0, 0.1) is 6.92 Å². The maximum Gasteiger partial charge on any atom is 0.236 e. The zero-order valence-corrected chi connectivity index (χ0v) is 17.5. The number of carbonyl (C=O) groups is 1. The summed E-state index contributed by atoms with van der Waals surface area (Å²) >= 11 is 13.7. The van der Waals surface area contributed by atoms with Crippen molar-refractivity contribution in [3.63, 3.8) is 0 Å². The standard InChI is InChI=1S/C19H18Cl2N4O2S/c1-12-15(23-19(27-12)16-3-2-8-28-16)10-17(26)24-4-6-25(7-5-24)18-14(21)9-13(20)11-22-18/h2-3,8-9,11H,4-7,10H2,1H3. The summed E-state index contributed by atoms with van der Waals surface area (Å²) in [6, 6.07) is 5.59. The number of thiophene rings is 1. The highest BCUT2D eigenvalue weighted by Crippen LogP contribution is 2.28. The first-order valence-corrected chi connectivity index (χ1v) is 10.5. The van der Waals surface area contributed by atoms with Crippen LogP contribution in [0.25, 0.3) is 10.8 Å². The Morgan fingerprint density at radius 1 is 1.29 bits per heavy atom. The molecule has 146 valence electrons. The van der Waals surface area contributed by atoms with Crippen LogP contribution in [0.3, 0.4) is 0 Å². The number of pyridine rings is 1. The van der Waals surface area contributed by atoms with Crippen molar-refractivity contribution < 1.29 is 9.21 Å². The molecule has 0 aromatic carbocycles. The lowest BCUT2D eigenvalue weighted by atomic mass is 10.2. The summed E-state index contributed by atoms with van der Waals surface area (Å²) in [5, 5.41) is 3.00. The highest BCUT2D eigenvalue weighted by atomic mass is 35.5. The van der Waals surface area contributed by atoms with Crippen LogP contribution in [0.1, 0.15) is 11.5 Å². The molecule has 1 aliphatic heterocycles. The number of amides is 1. The number of hydrogen-bond acceptors (Lipinski definition) is 6. The number of anilines is 1. The van der Waals surface area contributed by atoms with Gasteiger partial charge in [-0.15, -0.1) is 11.3 Å². The quantitative estimate of drug-likeness (QED) is 0.609. The molecule has 0 unspecified atom stereocenters. The van der Waals surface area contributed by atoms with Crippen LogP contribution in [0.5, 0.6) is 0 Å². The Labute approximate surface area is 176 Å². The number of aromatic nitrogens is 2. The van der Waals surface area contributed by atoms with Crippen LogP contribution in [0.15, 0.2) is 34.2 Å². The molecule has 0 N–H and O–H groups in total. The third-order valence-corrected chi connectivity index (χ3v) is 6.01. The van der Waals surface area contributed by atoms with Gasteiger partial charge in [0, 0.05) is 32.4 Å². The second kappa shape index (κ2) is 8.11. The van der Waals surface area contributed by atoms with E-state index in [-0.39, 0.29) is 12.3 Å². The van der Waals surface area contributed by atoms with Crippen molar-refractivity contribution >= 4 is 46.3 Å². The summed E-state index contributed by atoms with van der Waals surface area (Å²) in [5.74, 6) is 2.01. The van der Waals surface area contributed by atoms with E-state index in [0.717, 1.165) is 4.88 Å². The van der Waals surface area contributed by atoms with Crippen LogP contribution in [0.2, 0.25) is 10.0 Å². The Morgan fingerprint density at radius 2 is 2.07 bits per heavy atom. The van der Waals surface area contributed by atoms with Crippen LogP contribution in [0.4, 0.5) is 5.82 Å². The molecule has 6 nitrogen and oxygen atoms in total. The molecule has 1 fully saturated rings. The first kappa shape index (κ1) is 19.2. The van der Waals surface area contributed by atoms with Crippen LogP contribution in [-0.4, -0.2) is 47.0 Å². The summed E-state index contributed by atoms with van der Waals surface area (Å²) < 4.78 is 5.73. The van der Waals surface area contributed by atoms with E-state index < -0.39 is 0 Å². The molecule has 9 heteroatoms. The minimum absolute atomic E-state index is 0.0453. The van der Waals surface area contributed by atoms with Gasteiger partial charge in [0.1, 0.15) is 11.6 Å². The zero-order valence-electron chi connectivity index (χ0n) is 15.2. The average molecular weight is 437 g/mol. The number of aryl methyl sites for hydroxylation is 1. The van der Waals surface area contributed by atoms with Gasteiger partial charge in [0.25, 0.3) is 0 Å². The monoisotopic (exact) mass is 436 g/mol. The third kappa shape index (κ3) is 4.01. The van der Waals surface area contributed by atoms with E-state index in [1.165, 1.54) is 0 Å². The number of piperazine rings is 1. The molecular weight excluding hydrogens is 419 g/mol. The maximum atomic E-state index is 12.7. The first-order chi connectivity index (χ1) is 13.5. The van der Waals surface area contributed by atoms with Gasteiger partial charge in [0.15, 0.2) is 0 Å². The Kier molecular flexibility index (Phi) is 5.57. The van der Waals surface area contributed by atoms with Crippen molar-refractivity contribution in [2.75, 3.05) is 31.1 Å². The van der Waals surface area contributed by atoms with Gasteiger partial charge in [-0.1, -0.05) is 29.3 Å². The Bertz CT molecular complexity index is 982. The minimum Gasteiger partial charge on any atom is -0.440 e. The molecule has 1 aliphatic rings. The van der Waals surface area contributed by atoms with Crippen molar-refractivity contribution in [1.82, 2.24) is 14.9 Å². The minimum atomic E-state index is 0.0453. The molecule has 3 aromatic rings. The van der Waals surface area contributed by atoms with Gasteiger partial charge in [-0.25, -0.2) is 9.97 Å². The van der Waals surface area contributed by atoms with Crippen molar-refractivity contribution in [3.05, 3.63) is 51.3 Å². The predicted octanol–water partition coefficient (Wildman–Crippen LogP) is 4.30. The topological polar surface area (TPSA) is 62.5 Å². The van der Waals surface area contributed by atoms with E-state index in [1.807, 2.05) is 29.3 Å². The largest absolute Gasteiger partial charge is 0.440 e. The highest BCUT2D eigenvalue weighted by molar-refractivity contribution is 7.13. The van der Waals surface area contributed by atoms with Crippen molar-refractivity contribution in [2.45, 2.75) is 13.3 Å². The Hall–Kier alpha value is -2.09. The molecule has 3 aromatic heterocycles. The first-order valence-electron chi connectivity index (χ1n) is 8.85. The molecule has 0 atom stereocenters.